The van der Waals surface area contributed by atoms with Crippen molar-refractivity contribution in [1.82, 2.24) is 0 Å². The lowest BCUT2D eigenvalue weighted by Crippen LogP contribution is -2.06. The Morgan fingerprint density at radius 3 is 2.38 bits per heavy atom. The Kier molecular flexibility index (Phi) is 4.33. The molecule has 0 aromatic heterocycles. The van der Waals surface area contributed by atoms with Crippen molar-refractivity contribution in [3.63, 3.8) is 0 Å². The van der Waals surface area contributed by atoms with Crippen LogP contribution in [0.2, 0.25) is 0 Å². The first-order chi connectivity index (χ1) is 6.33. The number of rotatable bonds is 5. The maximum absolute atomic E-state index is 5.44. The van der Waals surface area contributed by atoms with E-state index in [1.54, 1.807) is 0 Å². The lowest BCUT2D eigenvalue weighted by molar-refractivity contribution is 0.110. The van der Waals surface area contributed by atoms with Crippen molar-refractivity contribution in [2.75, 3.05) is 19.8 Å². The second kappa shape index (κ2) is 5.60. The third-order valence-electron chi connectivity index (χ3n) is 1.72. The first-order valence-electron chi connectivity index (χ1n) is 4.60. The molecule has 2 heteroatoms. The van der Waals surface area contributed by atoms with Gasteiger partial charge in [0.15, 0.2) is 0 Å². The summed E-state index contributed by atoms with van der Waals surface area (Å²) in [4.78, 5) is 0. The topological polar surface area (TPSA) is 18.5 Å². The Morgan fingerprint density at radius 1 is 1.08 bits per heavy atom. The van der Waals surface area contributed by atoms with E-state index in [2.05, 4.69) is 6.92 Å². The van der Waals surface area contributed by atoms with Gasteiger partial charge in [-0.15, -0.1) is 0 Å². The van der Waals surface area contributed by atoms with Gasteiger partial charge in [-0.1, -0.05) is 17.7 Å². The highest BCUT2D eigenvalue weighted by molar-refractivity contribution is 5.26. The molecule has 0 saturated carbocycles. The fraction of sp³-hybridized carbons (Fsp3) is 0.455. The van der Waals surface area contributed by atoms with Gasteiger partial charge in [0.05, 0.1) is 6.61 Å². The Hall–Kier alpha value is -1.02. The van der Waals surface area contributed by atoms with Crippen molar-refractivity contribution in [3.8, 4) is 5.75 Å². The van der Waals surface area contributed by atoms with E-state index in [0.29, 0.717) is 13.2 Å². The molecular formula is C11H16O2. The highest BCUT2D eigenvalue weighted by Crippen LogP contribution is 2.10. The minimum absolute atomic E-state index is 0.622. The van der Waals surface area contributed by atoms with Gasteiger partial charge in [0.25, 0.3) is 0 Å². The summed E-state index contributed by atoms with van der Waals surface area (Å²) in [5, 5.41) is 0. The molecule has 2 nitrogen and oxygen atoms in total. The third-order valence-corrected chi connectivity index (χ3v) is 1.72. The van der Waals surface area contributed by atoms with E-state index >= 15 is 0 Å². The second-order valence-electron chi connectivity index (χ2n) is 2.86. The molecule has 0 bridgehead atoms. The van der Waals surface area contributed by atoms with Crippen molar-refractivity contribution >= 4 is 0 Å². The summed E-state index contributed by atoms with van der Waals surface area (Å²) in [6.07, 6.45) is 0. The molecule has 0 radical (unpaired) electrons. The van der Waals surface area contributed by atoms with Gasteiger partial charge < -0.3 is 9.47 Å². The minimum atomic E-state index is 0.622. The zero-order chi connectivity index (χ0) is 9.52. The number of hydrogen-bond acceptors (Lipinski definition) is 2. The minimum Gasteiger partial charge on any atom is -0.491 e. The van der Waals surface area contributed by atoms with Gasteiger partial charge in [0, 0.05) is 6.61 Å². The van der Waals surface area contributed by atoms with Crippen molar-refractivity contribution in [3.05, 3.63) is 29.8 Å². The monoisotopic (exact) mass is 180 g/mol. The molecule has 0 heterocycles. The van der Waals surface area contributed by atoms with Crippen LogP contribution in [0.15, 0.2) is 24.3 Å². The quantitative estimate of drug-likeness (QED) is 0.648. The zero-order valence-electron chi connectivity index (χ0n) is 8.25. The summed E-state index contributed by atoms with van der Waals surface area (Å²) in [6, 6.07) is 8.02. The maximum atomic E-state index is 5.44. The Morgan fingerprint density at radius 2 is 1.77 bits per heavy atom. The molecule has 0 atom stereocenters. The van der Waals surface area contributed by atoms with Gasteiger partial charge in [-0.2, -0.15) is 0 Å². The van der Waals surface area contributed by atoms with E-state index in [0.717, 1.165) is 12.4 Å². The fourth-order valence-corrected chi connectivity index (χ4v) is 0.997. The molecule has 0 amide bonds. The maximum Gasteiger partial charge on any atom is 0.119 e. The molecule has 0 N–H and O–H groups in total. The van der Waals surface area contributed by atoms with Gasteiger partial charge in [-0.05, 0) is 26.0 Å². The summed E-state index contributed by atoms with van der Waals surface area (Å²) in [5.74, 6) is 0.908. The van der Waals surface area contributed by atoms with E-state index in [-0.39, 0.29) is 0 Å². The van der Waals surface area contributed by atoms with E-state index in [9.17, 15) is 0 Å². The molecular weight excluding hydrogens is 164 g/mol. The van der Waals surface area contributed by atoms with E-state index in [1.807, 2.05) is 31.2 Å². The van der Waals surface area contributed by atoms with E-state index < -0.39 is 0 Å². The van der Waals surface area contributed by atoms with Crippen LogP contribution in [-0.2, 0) is 4.74 Å². The van der Waals surface area contributed by atoms with Gasteiger partial charge in [0.1, 0.15) is 12.4 Å². The molecule has 1 rings (SSSR count). The third kappa shape index (κ3) is 3.95. The molecule has 1 aromatic carbocycles. The van der Waals surface area contributed by atoms with Gasteiger partial charge >= 0.3 is 0 Å². The second-order valence-corrected chi connectivity index (χ2v) is 2.86. The molecule has 0 fully saturated rings. The number of aryl methyl sites for hydroxylation is 1. The number of ether oxygens (including phenoxy) is 2. The molecule has 0 spiro atoms. The average Bonchev–Trinajstić information content (AvgIpc) is 2.15. The van der Waals surface area contributed by atoms with Crippen LogP contribution in [0.3, 0.4) is 0 Å². The first-order valence-corrected chi connectivity index (χ1v) is 4.60. The molecule has 0 aliphatic rings. The van der Waals surface area contributed by atoms with Crippen LogP contribution < -0.4 is 4.74 Å². The SMILES string of the molecule is CCOCCOc1ccc(C)cc1. The van der Waals surface area contributed by atoms with Crippen LogP contribution >= 0.6 is 0 Å². The van der Waals surface area contributed by atoms with Crippen LogP contribution in [0, 0.1) is 6.92 Å². The van der Waals surface area contributed by atoms with Gasteiger partial charge in [0.2, 0.25) is 0 Å². The van der Waals surface area contributed by atoms with Crippen LogP contribution in [0.25, 0.3) is 0 Å². The summed E-state index contributed by atoms with van der Waals surface area (Å²) in [6.45, 7) is 6.06. The fourth-order valence-electron chi connectivity index (χ4n) is 0.997. The van der Waals surface area contributed by atoms with Crippen molar-refractivity contribution in [2.24, 2.45) is 0 Å². The van der Waals surface area contributed by atoms with E-state index in [1.165, 1.54) is 5.56 Å². The standard InChI is InChI=1S/C11H16O2/c1-3-12-8-9-13-11-6-4-10(2)5-7-11/h4-7H,3,8-9H2,1-2H3. The number of benzene rings is 1. The Labute approximate surface area is 79.5 Å². The smallest absolute Gasteiger partial charge is 0.119 e. The molecule has 72 valence electrons. The molecule has 0 unspecified atom stereocenters. The highest BCUT2D eigenvalue weighted by atomic mass is 16.5. The summed E-state index contributed by atoms with van der Waals surface area (Å²) in [7, 11) is 0. The average molecular weight is 180 g/mol. The molecule has 13 heavy (non-hydrogen) atoms. The summed E-state index contributed by atoms with van der Waals surface area (Å²) >= 11 is 0. The lowest BCUT2D eigenvalue weighted by Gasteiger charge is -2.05. The van der Waals surface area contributed by atoms with Crippen LogP contribution in [-0.4, -0.2) is 19.8 Å². The Balaban J connectivity index is 2.25. The van der Waals surface area contributed by atoms with E-state index in [4.69, 9.17) is 9.47 Å². The first kappa shape index (κ1) is 10.1. The highest BCUT2D eigenvalue weighted by Gasteiger charge is 1.91. The Bertz CT molecular complexity index is 228. The molecule has 0 aliphatic carbocycles. The van der Waals surface area contributed by atoms with Crippen LogP contribution in [0.5, 0.6) is 5.75 Å². The van der Waals surface area contributed by atoms with Crippen LogP contribution in [0.1, 0.15) is 12.5 Å². The van der Waals surface area contributed by atoms with Crippen LogP contribution in [0.4, 0.5) is 0 Å². The summed E-state index contributed by atoms with van der Waals surface area (Å²) < 4.78 is 10.6. The molecule has 0 saturated heterocycles. The normalized spacial score (nSPS) is 10.0. The van der Waals surface area contributed by atoms with Crippen molar-refractivity contribution < 1.29 is 9.47 Å². The van der Waals surface area contributed by atoms with Gasteiger partial charge in [-0.25, -0.2) is 0 Å². The zero-order valence-corrected chi connectivity index (χ0v) is 8.25. The molecule has 0 aliphatic heterocycles. The largest absolute Gasteiger partial charge is 0.491 e. The number of hydrogen-bond donors (Lipinski definition) is 0. The van der Waals surface area contributed by atoms with Gasteiger partial charge in [-0.3, -0.25) is 0 Å². The van der Waals surface area contributed by atoms with Crippen molar-refractivity contribution in [1.29, 1.82) is 0 Å². The predicted molar refractivity (Wildman–Crippen MR) is 53.2 cm³/mol. The lowest BCUT2D eigenvalue weighted by atomic mass is 10.2. The summed E-state index contributed by atoms with van der Waals surface area (Å²) in [5.41, 5.74) is 1.25. The van der Waals surface area contributed by atoms with Crippen molar-refractivity contribution in [2.45, 2.75) is 13.8 Å². The molecule has 1 aromatic rings. The predicted octanol–water partition coefficient (Wildman–Crippen LogP) is 2.41.